The summed E-state index contributed by atoms with van der Waals surface area (Å²) in [6, 6.07) is 15.1. The van der Waals surface area contributed by atoms with E-state index in [1.54, 1.807) is 31.2 Å². The van der Waals surface area contributed by atoms with Gasteiger partial charge in [0, 0.05) is 49.9 Å². The van der Waals surface area contributed by atoms with Gasteiger partial charge in [-0.2, -0.15) is 0 Å². The van der Waals surface area contributed by atoms with Crippen LogP contribution in [0.3, 0.4) is 0 Å². The highest BCUT2D eigenvalue weighted by Gasteiger charge is 2.22. The fraction of sp³-hybridized carbons (Fsp3) is 0.320. The van der Waals surface area contributed by atoms with E-state index in [0.717, 1.165) is 37.8 Å². The van der Waals surface area contributed by atoms with Crippen molar-refractivity contribution in [3.63, 3.8) is 0 Å². The maximum absolute atomic E-state index is 12.5. The number of benzene rings is 2. The zero-order valence-corrected chi connectivity index (χ0v) is 19.0. The number of anilines is 2. The molecule has 0 bridgehead atoms. The Labute approximate surface area is 193 Å². The molecule has 1 aliphatic heterocycles. The van der Waals surface area contributed by atoms with Crippen LogP contribution in [-0.2, 0) is 9.53 Å². The molecular formula is C25H29N5O3. The van der Waals surface area contributed by atoms with Crippen LogP contribution in [0.2, 0.25) is 0 Å². The predicted octanol–water partition coefficient (Wildman–Crippen LogP) is 3.12. The summed E-state index contributed by atoms with van der Waals surface area (Å²) in [5.74, 6) is 0.481. The Hall–Kier alpha value is -3.65. The SMILES string of the molecule is CCOC(=O)c1ccc(NC(=O)CN2CCN(c3nccn3-c3ccc(C)cc3)CC2)cc1. The Morgan fingerprint density at radius 1 is 1.00 bits per heavy atom. The number of ether oxygens (including phenoxy) is 1. The van der Waals surface area contributed by atoms with E-state index in [1.165, 1.54) is 5.56 Å². The Morgan fingerprint density at radius 2 is 1.70 bits per heavy atom. The quantitative estimate of drug-likeness (QED) is 0.561. The number of rotatable bonds is 7. The first kappa shape index (κ1) is 22.5. The number of nitrogens with zero attached hydrogens (tertiary/aromatic N) is 4. The summed E-state index contributed by atoms with van der Waals surface area (Å²) in [7, 11) is 0. The van der Waals surface area contributed by atoms with Gasteiger partial charge in [-0.1, -0.05) is 17.7 Å². The minimum Gasteiger partial charge on any atom is -0.462 e. The number of hydrogen-bond acceptors (Lipinski definition) is 6. The van der Waals surface area contributed by atoms with Gasteiger partial charge >= 0.3 is 5.97 Å². The molecule has 1 amide bonds. The second-order valence-corrected chi connectivity index (χ2v) is 8.04. The number of carbonyl (C=O) groups excluding carboxylic acids is 2. The maximum atomic E-state index is 12.5. The Kier molecular flexibility index (Phi) is 7.04. The molecule has 1 saturated heterocycles. The van der Waals surface area contributed by atoms with Crippen LogP contribution in [0.5, 0.6) is 0 Å². The molecule has 33 heavy (non-hydrogen) atoms. The van der Waals surface area contributed by atoms with Gasteiger partial charge in [0.2, 0.25) is 11.9 Å². The molecule has 8 nitrogen and oxygen atoms in total. The van der Waals surface area contributed by atoms with Crippen molar-refractivity contribution in [1.82, 2.24) is 14.5 Å². The van der Waals surface area contributed by atoms with Crippen LogP contribution in [-0.4, -0.2) is 65.7 Å². The molecule has 1 N–H and O–H groups in total. The lowest BCUT2D eigenvalue weighted by atomic mass is 10.2. The largest absolute Gasteiger partial charge is 0.462 e. The molecule has 0 aliphatic carbocycles. The normalized spacial score (nSPS) is 14.2. The van der Waals surface area contributed by atoms with Crippen molar-refractivity contribution >= 4 is 23.5 Å². The number of hydrogen-bond donors (Lipinski definition) is 1. The molecule has 0 atom stereocenters. The van der Waals surface area contributed by atoms with Crippen molar-refractivity contribution in [3.8, 4) is 5.69 Å². The van der Waals surface area contributed by atoms with Gasteiger partial charge in [0.1, 0.15) is 0 Å². The molecular weight excluding hydrogens is 418 g/mol. The molecule has 1 aromatic heterocycles. The van der Waals surface area contributed by atoms with Crippen LogP contribution in [0.25, 0.3) is 5.69 Å². The summed E-state index contributed by atoms with van der Waals surface area (Å²) in [6.07, 6.45) is 3.80. The van der Waals surface area contributed by atoms with Gasteiger partial charge in [0.15, 0.2) is 0 Å². The van der Waals surface area contributed by atoms with E-state index in [-0.39, 0.29) is 11.9 Å². The minimum absolute atomic E-state index is 0.0755. The standard InChI is InChI=1S/C25H29N5O3/c1-3-33-24(32)20-6-8-21(9-7-20)27-23(31)18-28-14-16-29(17-15-28)25-26-12-13-30(25)22-10-4-19(2)5-11-22/h4-13H,3,14-18H2,1-2H3,(H,27,31). The van der Waals surface area contributed by atoms with Crippen molar-refractivity contribution in [2.24, 2.45) is 0 Å². The summed E-state index contributed by atoms with van der Waals surface area (Å²) in [4.78, 5) is 33.2. The van der Waals surface area contributed by atoms with Crippen molar-refractivity contribution in [2.75, 3.05) is 49.5 Å². The molecule has 0 unspecified atom stereocenters. The van der Waals surface area contributed by atoms with Crippen LogP contribution >= 0.6 is 0 Å². The summed E-state index contributed by atoms with van der Waals surface area (Å²) in [5, 5.41) is 2.90. The number of carbonyl (C=O) groups is 2. The predicted molar refractivity (Wildman–Crippen MR) is 128 cm³/mol. The number of piperazine rings is 1. The van der Waals surface area contributed by atoms with Crippen LogP contribution < -0.4 is 10.2 Å². The van der Waals surface area contributed by atoms with Gasteiger partial charge in [0.05, 0.1) is 18.7 Å². The van der Waals surface area contributed by atoms with Crippen molar-refractivity contribution in [2.45, 2.75) is 13.8 Å². The van der Waals surface area contributed by atoms with Crippen LogP contribution in [0, 0.1) is 6.92 Å². The van der Waals surface area contributed by atoms with Crippen molar-refractivity contribution in [3.05, 3.63) is 72.1 Å². The zero-order valence-electron chi connectivity index (χ0n) is 19.0. The molecule has 0 saturated carbocycles. The molecule has 0 radical (unpaired) electrons. The highest BCUT2D eigenvalue weighted by molar-refractivity contribution is 5.94. The third-order valence-corrected chi connectivity index (χ3v) is 5.64. The molecule has 172 valence electrons. The maximum Gasteiger partial charge on any atom is 0.338 e. The minimum atomic E-state index is -0.365. The van der Waals surface area contributed by atoms with Gasteiger partial charge in [-0.25, -0.2) is 9.78 Å². The first-order valence-electron chi connectivity index (χ1n) is 11.2. The van der Waals surface area contributed by atoms with E-state index in [0.29, 0.717) is 24.4 Å². The lowest BCUT2D eigenvalue weighted by molar-refractivity contribution is -0.117. The molecule has 2 aromatic carbocycles. The number of esters is 1. The van der Waals surface area contributed by atoms with E-state index >= 15 is 0 Å². The second kappa shape index (κ2) is 10.3. The smallest absolute Gasteiger partial charge is 0.338 e. The number of aromatic nitrogens is 2. The molecule has 1 aliphatic rings. The third kappa shape index (κ3) is 5.59. The van der Waals surface area contributed by atoms with Gasteiger partial charge in [0.25, 0.3) is 0 Å². The van der Waals surface area contributed by atoms with Gasteiger partial charge in [-0.15, -0.1) is 0 Å². The molecule has 2 heterocycles. The van der Waals surface area contributed by atoms with Crippen molar-refractivity contribution < 1.29 is 14.3 Å². The van der Waals surface area contributed by atoms with Crippen molar-refractivity contribution in [1.29, 1.82) is 0 Å². The summed E-state index contributed by atoms with van der Waals surface area (Å²) in [6.45, 7) is 7.63. The molecule has 8 heteroatoms. The Bertz CT molecular complexity index is 1080. The molecule has 1 fully saturated rings. The van der Waals surface area contributed by atoms with Gasteiger partial charge in [-0.05, 0) is 50.2 Å². The highest BCUT2D eigenvalue weighted by atomic mass is 16.5. The number of aryl methyl sites for hydroxylation is 1. The lowest BCUT2D eigenvalue weighted by Gasteiger charge is -2.35. The molecule has 3 aromatic rings. The first-order chi connectivity index (χ1) is 16.0. The fourth-order valence-corrected chi connectivity index (χ4v) is 3.85. The summed E-state index contributed by atoms with van der Waals surface area (Å²) in [5.41, 5.74) is 3.44. The number of amides is 1. The van der Waals surface area contributed by atoms with E-state index in [2.05, 4.69) is 55.9 Å². The molecule has 0 spiro atoms. The monoisotopic (exact) mass is 447 g/mol. The van der Waals surface area contributed by atoms with E-state index in [9.17, 15) is 9.59 Å². The Morgan fingerprint density at radius 3 is 2.36 bits per heavy atom. The molecule has 4 rings (SSSR count). The summed E-state index contributed by atoms with van der Waals surface area (Å²) < 4.78 is 7.08. The number of imidazole rings is 1. The highest BCUT2D eigenvalue weighted by Crippen LogP contribution is 2.20. The fourth-order valence-electron chi connectivity index (χ4n) is 3.85. The average molecular weight is 448 g/mol. The summed E-state index contributed by atoms with van der Waals surface area (Å²) >= 11 is 0. The first-order valence-corrected chi connectivity index (χ1v) is 11.2. The Balaban J connectivity index is 1.29. The lowest BCUT2D eigenvalue weighted by Crippen LogP contribution is -2.49. The van der Waals surface area contributed by atoms with Crippen LogP contribution in [0.4, 0.5) is 11.6 Å². The van der Waals surface area contributed by atoms with E-state index < -0.39 is 0 Å². The van der Waals surface area contributed by atoms with Gasteiger partial charge in [-0.3, -0.25) is 14.3 Å². The topological polar surface area (TPSA) is 79.7 Å². The van der Waals surface area contributed by atoms with Gasteiger partial charge < -0.3 is 15.0 Å². The van der Waals surface area contributed by atoms with Crippen LogP contribution in [0.1, 0.15) is 22.8 Å². The van der Waals surface area contributed by atoms with E-state index in [1.807, 2.05) is 12.4 Å². The number of nitrogens with one attached hydrogen (secondary N) is 1. The average Bonchev–Trinajstić information content (AvgIpc) is 3.30. The van der Waals surface area contributed by atoms with E-state index in [4.69, 9.17) is 4.74 Å². The zero-order chi connectivity index (χ0) is 23.2. The third-order valence-electron chi connectivity index (χ3n) is 5.64. The van der Waals surface area contributed by atoms with Crippen LogP contribution in [0.15, 0.2) is 60.9 Å². The second-order valence-electron chi connectivity index (χ2n) is 8.04.